The quantitative estimate of drug-likeness (QED) is 0.257. The largest absolute Gasteiger partial charge is 0.400 e. The Labute approximate surface area is 236 Å². The van der Waals surface area contributed by atoms with Crippen LogP contribution in [0.15, 0.2) is 12.7 Å². The fourth-order valence-corrected chi connectivity index (χ4v) is 4.95. The topological polar surface area (TPSA) is 128 Å². The highest BCUT2D eigenvalue weighted by Gasteiger charge is 2.40. The van der Waals surface area contributed by atoms with Gasteiger partial charge in [-0.2, -0.15) is 0 Å². The number of nitrogens with zero attached hydrogens (tertiary/aromatic N) is 1. The summed E-state index contributed by atoms with van der Waals surface area (Å²) in [6.07, 6.45) is 14.0. The molecule has 3 aliphatic rings. The standard InChI is InChI=1S/C21H34N4O4.C5H10.C3H8.CH4O/c1-4-12-23-20(28)18(26)14(2)24-19(27)16-11-8-13-25(16)21(29)17(22-3)15-9-6-5-7-10-15;1-5-3-2-4-5;1-3-2;1-2/h4,14-17,22H,1,5-13H2,2-3H3,(H,23,28)(H,24,27);5H,2-4H2,1H3;3H2,1-2H3;2H,1H3. The van der Waals surface area contributed by atoms with Crippen molar-refractivity contribution >= 4 is 23.5 Å². The number of rotatable bonds is 9. The Balaban J connectivity index is 0.00000123. The lowest BCUT2D eigenvalue weighted by Crippen LogP contribution is -2.56. The van der Waals surface area contributed by atoms with E-state index >= 15 is 0 Å². The van der Waals surface area contributed by atoms with Crippen LogP contribution in [0.25, 0.3) is 0 Å². The Morgan fingerprint density at radius 2 is 1.54 bits per heavy atom. The van der Waals surface area contributed by atoms with E-state index in [2.05, 4.69) is 43.3 Å². The van der Waals surface area contributed by atoms with E-state index in [0.717, 1.165) is 45.1 Å². The molecule has 0 aromatic carbocycles. The van der Waals surface area contributed by atoms with E-state index in [4.69, 9.17) is 5.11 Å². The lowest BCUT2D eigenvalue weighted by molar-refractivity contribution is -0.143. The Kier molecular flexibility index (Phi) is 20.3. The number of aliphatic hydroxyl groups excluding tert-OH is 1. The second-order valence-corrected chi connectivity index (χ2v) is 10.7. The Hall–Kier alpha value is -2.26. The summed E-state index contributed by atoms with van der Waals surface area (Å²) >= 11 is 0. The number of aliphatic hydroxyl groups is 1. The van der Waals surface area contributed by atoms with Crippen LogP contribution in [0.2, 0.25) is 0 Å². The first-order chi connectivity index (χ1) is 18.7. The summed E-state index contributed by atoms with van der Waals surface area (Å²) in [4.78, 5) is 51.5. The van der Waals surface area contributed by atoms with Gasteiger partial charge in [-0.3, -0.25) is 19.2 Å². The van der Waals surface area contributed by atoms with Crippen LogP contribution in [0.5, 0.6) is 0 Å². The predicted molar refractivity (Wildman–Crippen MR) is 157 cm³/mol. The van der Waals surface area contributed by atoms with E-state index < -0.39 is 23.8 Å². The van der Waals surface area contributed by atoms with Crippen LogP contribution in [0.3, 0.4) is 0 Å². The maximum Gasteiger partial charge on any atom is 0.289 e. The van der Waals surface area contributed by atoms with Gasteiger partial charge in [0.1, 0.15) is 6.04 Å². The molecule has 2 aliphatic carbocycles. The molecule has 1 heterocycles. The number of hydrogen-bond acceptors (Lipinski definition) is 6. The van der Waals surface area contributed by atoms with Gasteiger partial charge in [0.05, 0.1) is 12.1 Å². The smallest absolute Gasteiger partial charge is 0.289 e. The average molecular weight is 553 g/mol. The number of amides is 3. The SMILES string of the molecule is C=CCNC(=O)C(=O)C(C)NC(=O)C1CCCN1C(=O)C(NC)C1CCCCC1.CC1CCC1.CCC.CO. The third-order valence-corrected chi connectivity index (χ3v) is 7.31. The van der Waals surface area contributed by atoms with Gasteiger partial charge >= 0.3 is 0 Å². The van der Waals surface area contributed by atoms with Gasteiger partial charge in [0.25, 0.3) is 5.91 Å². The first kappa shape index (κ1) is 36.7. The molecule has 0 radical (unpaired) electrons. The highest BCUT2D eigenvalue weighted by atomic mass is 16.2. The number of likely N-dealkylation sites (N-methyl/N-ethyl adjacent to an activating group) is 1. The summed E-state index contributed by atoms with van der Waals surface area (Å²) in [6.45, 7) is 12.2. The number of carbonyl (C=O) groups is 4. The van der Waals surface area contributed by atoms with Crippen LogP contribution in [-0.4, -0.2) is 78.9 Å². The number of Topliss-reactive ketones (excluding diaryl/α,β-unsaturated/α-hetero) is 1. The molecule has 3 rings (SSSR count). The van der Waals surface area contributed by atoms with Crippen molar-refractivity contribution < 1.29 is 24.3 Å². The molecule has 226 valence electrons. The van der Waals surface area contributed by atoms with Gasteiger partial charge in [-0.25, -0.2) is 0 Å². The number of likely N-dealkylation sites (tertiary alicyclic amines) is 1. The van der Waals surface area contributed by atoms with E-state index in [1.807, 2.05) is 0 Å². The first-order valence-corrected chi connectivity index (χ1v) is 14.9. The molecule has 3 fully saturated rings. The van der Waals surface area contributed by atoms with E-state index in [0.29, 0.717) is 18.9 Å². The predicted octanol–water partition coefficient (Wildman–Crippen LogP) is 3.35. The van der Waals surface area contributed by atoms with Crippen LogP contribution in [0.1, 0.15) is 98.3 Å². The molecule has 0 aromatic heterocycles. The van der Waals surface area contributed by atoms with Gasteiger partial charge in [-0.15, -0.1) is 6.58 Å². The molecule has 9 nitrogen and oxygen atoms in total. The van der Waals surface area contributed by atoms with Crippen molar-refractivity contribution in [2.75, 3.05) is 27.2 Å². The summed E-state index contributed by atoms with van der Waals surface area (Å²) in [5.41, 5.74) is 0. The summed E-state index contributed by atoms with van der Waals surface area (Å²) in [5, 5.41) is 15.2. The minimum atomic E-state index is -0.955. The zero-order valence-corrected chi connectivity index (χ0v) is 25.4. The van der Waals surface area contributed by atoms with Crippen molar-refractivity contribution in [3.8, 4) is 0 Å². The number of carbonyl (C=O) groups excluding carboxylic acids is 4. The molecular formula is C30H56N4O5. The Morgan fingerprint density at radius 3 is 2.00 bits per heavy atom. The van der Waals surface area contributed by atoms with Gasteiger partial charge in [0.15, 0.2) is 0 Å². The molecule has 0 bridgehead atoms. The molecule has 4 N–H and O–H groups in total. The van der Waals surface area contributed by atoms with Crippen molar-refractivity contribution in [1.29, 1.82) is 0 Å². The zero-order chi connectivity index (χ0) is 29.8. The van der Waals surface area contributed by atoms with Crippen molar-refractivity contribution in [3.63, 3.8) is 0 Å². The zero-order valence-electron chi connectivity index (χ0n) is 25.4. The molecule has 39 heavy (non-hydrogen) atoms. The molecule has 1 aliphatic heterocycles. The number of nitrogens with one attached hydrogen (secondary N) is 3. The van der Waals surface area contributed by atoms with Crippen molar-refractivity contribution in [2.45, 2.75) is 116 Å². The maximum atomic E-state index is 13.2. The third-order valence-electron chi connectivity index (χ3n) is 7.31. The average Bonchev–Trinajstić information content (AvgIpc) is 3.43. The van der Waals surface area contributed by atoms with E-state index in [-0.39, 0.29) is 24.4 Å². The summed E-state index contributed by atoms with van der Waals surface area (Å²) in [7, 11) is 2.80. The van der Waals surface area contributed by atoms with Crippen LogP contribution in [0, 0.1) is 11.8 Å². The van der Waals surface area contributed by atoms with Crippen LogP contribution < -0.4 is 16.0 Å². The highest BCUT2D eigenvalue weighted by molar-refractivity contribution is 6.38. The van der Waals surface area contributed by atoms with Crippen molar-refractivity contribution in [1.82, 2.24) is 20.9 Å². The third kappa shape index (κ3) is 13.1. The van der Waals surface area contributed by atoms with Crippen LogP contribution in [-0.2, 0) is 19.2 Å². The molecule has 0 spiro atoms. The van der Waals surface area contributed by atoms with E-state index in [1.54, 1.807) is 11.9 Å². The first-order valence-electron chi connectivity index (χ1n) is 14.9. The fraction of sp³-hybridized carbons (Fsp3) is 0.800. The van der Waals surface area contributed by atoms with Gasteiger partial charge in [0.2, 0.25) is 17.6 Å². The van der Waals surface area contributed by atoms with Gasteiger partial charge in [0, 0.05) is 20.2 Å². The molecule has 9 heteroatoms. The van der Waals surface area contributed by atoms with Gasteiger partial charge < -0.3 is 26.0 Å². The molecule has 3 atom stereocenters. The molecule has 3 amide bonds. The molecule has 0 aromatic rings. The van der Waals surface area contributed by atoms with E-state index in [1.165, 1.54) is 45.1 Å². The van der Waals surface area contributed by atoms with Crippen LogP contribution in [0.4, 0.5) is 0 Å². The maximum absolute atomic E-state index is 13.2. The van der Waals surface area contributed by atoms with Crippen LogP contribution >= 0.6 is 0 Å². The van der Waals surface area contributed by atoms with Crippen molar-refractivity contribution in [3.05, 3.63) is 12.7 Å². The second-order valence-electron chi connectivity index (χ2n) is 10.7. The number of hydrogen-bond donors (Lipinski definition) is 4. The molecular weight excluding hydrogens is 496 g/mol. The molecule has 3 unspecified atom stereocenters. The minimum absolute atomic E-state index is 0.0419. The van der Waals surface area contributed by atoms with Gasteiger partial charge in [-0.1, -0.05) is 71.8 Å². The fourth-order valence-electron chi connectivity index (χ4n) is 4.95. The summed E-state index contributed by atoms with van der Waals surface area (Å²) < 4.78 is 0. The Bertz CT molecular complexity index is 735. The van der Waals surface area contributed by atoms with E-state index in [9.17, 15) is 19.2 Å². The number of ketones is 1. The van der Waals surface area contributed by atoms with Gasteiger partial charge in [-0.05, 0) is 51.5 Å². The monoisotopic (exact) mass is 552 g/mol. The Morgan fingerprint density at radius 1 is 0.974 bits per heavy atom. The second kappa shape index (κ2) is 21.5. The normalized spacial score (nSPS) is 20.2. The minimum Gasteiger partial charge on any atom is -0.400 e. The summed E-state index contributed by atoms with van der Waals surface area (Å²) in [6, 6.07) is -1.84. The van der Waals surface area contributed by atoms with Crippen molar-refractivity contribution in [2.24, 2.45) is 11.8 Å². The summed E-state index contributed by atoms with van der Waals surface area (Å²) in [5.74, 6) is -0.544. The lowest BCUT2D eigenvalue weighted by Gasteiger charge is -2.34. The lowest BCUT2D eigenvalue weighted by atomic mass is 9.83. The molecule has 1 saturated heterocycles. The molecule has 2 saturated carbocycles. The highest BCUT2D eigenvalue weighted by Crippen LogP contribution is 2.29.